The second-order valence-electron chi connectivity index (χ2n) is 6.33. The number of carbonyl (C=O) groups excluding carboxylic acids is 2. The lowest BCUT2D eigenvalue weighted by Gasteiger charge is -2.37. The second-order valence-corrected chi connectivity index (χ2v) is 6.33. The number of rotatable bonds is 7. The number of hydrogen-bond acceptors (Lipinski definition) is 4. The fraction of sp³-hybridized carbons (Fsp3) is 0.579. The van der Waals surface area contributed by atoms with Crippen molar-refractivity contribution in [1.82, 2.24) is 4.90 Å². The van der Waals surface area contributed by atoms with Gasteiger partial charge in [-0.05, 0) is 37.5 Å². The number of amides is 2. The molecule has 1 aromatic rings. The van der Waals surface area contributed by atoms with Crippen LogP contribution in [-0.4, -0.2) is 47.6 Å². The molecule has 25 heavy (non-hydrogen) atoms. The van der Waals surface area contributed by atoms with E-state index in [1.165, 1.54) is 0 Å². The minimum atomic E-state index is -0.826. The topological polar surface area (TPSA) is 78.9 Å². The highest BCUT2D eigenvalue weighted by Crippen LogP contribution is 2.25. The lowest BCUT2D eigenvalue weighted by molar-refractivity contribution is -0.153. The molecule has 2 amide bonds. The summed E-state index contributed by atoms with van der Waals surface area (Å²) in [6.07, 6.45) is 0.789. The first kappa shape index (κ1) is 19.4. The molecule has 2 N–H and O–H groups in total. The third kappa shape index (κ3) is 4.58. The van der Waals surface area contributed by atoms with Crippen molar-refractivity contribution in [3.63, 3.8) is 0 Å². The van der Waals surface area contributed by atoms with Gasteiger partial charge in [-0.1, -0.05) is 26.0 Å². The molecule has 0 saturated carbocycles. The molecule has 2 rings (SSSR count). The number of nitrogens with one attached hydrogen (secondary N) is 1. The predicted octanol–water partition coefficient (Wildman–Crippen LogP) is 2.34. The number of carbonyl (C=O) groups is 2. The molecule has 0 unspecified atom stereocenters. The zero-order valence-electron chi connectivity index (χ0n) is 15.2. The standard InChI is InChI=1S/C19H28N2O4/c1-4-13(5-2)19(24)20-15-9-7-14(8-10-15)18(23)16-11-25-12-17(22)21(16)6-3/h7-10,13,16,18,23H,4-6,11-12H2,1-3H3,(H,20,24)/t16-,18-/m1/s1. The summed E-state index contributed by atoms with van der Waals surface area (Å²) in [5.74, 6) is -0.0811. The van der Waals surface area contributed by atoms with Gasteiger partial charge in [0, 0.05) is 18.2 Å². The molecule has 0 aliphatic carbocycles. The van der Waals surface area contributed by atoms with E-state index >= 15 is 0 Å². The van der Waals surface area contributed by atoms with E-state index in [2.05, 4.69) is 5.32 Å². The average Bonchev–Trinajstić information content (AvgIpc) is 2.62. The number of benzene rings is 1. The van der Waals surface area contributed by atoms with Crippen LogP contribution in [-0.2, 0) is 14.3 Å². The maximum atomic E-state index is 12.1. The molecule has 1 heterocycles. The van der Waals surface area contributed by atoms with Crippen molar-refractivity contribution in [3.8, 4) is 0 Å². The highest BCUT2D eigenvalue weighted by atomic mass is 16.5. The summed E-state index contributed by atoms with van der Waals surface area (Å²) in [5.41, 5.74) is 1.40. The smallest absolute Gasteiger partial charge is 0.248 e. The van der Waals surface area contributed by atoms with Crippen LogP contribution in [0.15, 0.2) is 24.3 Å². The van der Waals surface area contributed by atoms with Gasteiger partial charge in [0.2, 0.25) is 11.8 Å². The van der Waals surface area contributed by atoms with Crippen molar-refractivity contribution < 1.29 is 19.4 Å². The van der Waals surface area contributed by atoms with Gasteiger partial charge in [-0.15, -0.1) is 0 Å². The maximum Gasteiger partial charge on any atom is 0.248 e. The van der Waals surface area contributed by atoms with Crippen LogP contribution in [0.2, 0.25) is 0 Å². The second kappa shape index (κ2) is 8.97. The van der Waals surface area contributed by atoms with Crippen LogP contribution in [0.3, 0.4) is 0 Å². The van der Waals surface area contributed by atoms with Crippen molar-refractivity contribution in [1.29, 1.82) is 0 Å². The fourth-order valence-corrected chi connectivity index (χ4v) is 3.19. The van der Waals surface area contributed by atoms with Crippen LogP contribution in [0.25, 0.3) is 0 Å². The number of aliphatic hydroxyl groups is 1. The molecular weight excluding hydrogens is 320 g/mol. The molecule has 0 spiro atoms. The summed E-state index contributed by atoms with van der Waals surface area (Å²) in [4.78, 5) is 25.7. The number of nitrogens with zero attached hydrogens (tertiary/aromatic N) is 1. The van der Waals surface area contributed by atoms with E-state index in [1.54, 1.807) is 29.2 Å². The zero-order chi connectivity index (χ0) is 18.4. The highest BCUT2D eigenvalue weighted by molar-refractivity contribution is 5.92. The normalized spacial score (nSPS) is 19.2. The lowest BCUT2D eigenvalue weighted by atomic mass is 9.99. The molecule has 6 nitrogen and oxygen atoms in total. The van der Waals surface area contributed by atoms with Gasteiger partial charge in [-0.25, -0.2) is 0 Å². The monoisotopic (exact) mass is 348 g/mol. The number of ether oxygens (including phenoxy) is 1. The minimum absolute atomic E-state index is 0.00813. The van der Waals surface area contributed by atoms with Gasteiger partial charge in [0.15, 0.2) is 0 Å². The van der Waals surface area contributed by atoms with Crippen LogP contribution in [0.1, 0.15) is 45.3 Å². The summed E-state index contributed by atoms with van der Waals surface area (Å²) in [5, 5.41) is 13.5. The number of anilines is 1. The Kier molecular flexibility index (Phi) is 6.96. The molecule has 2 atom stereocenters. The van der Waals surface area contributed by atoms with E-state index in [9.17, 15) is 14.7 Å². The van der Waals surface area contributed by atoms with Gasteiger partial charge in [0.25, 0.3) is 0 Å². The zero-order valence-corrected chi connectivity index (χ0v) is 15.2. The van der Waals surface area contributed by atoms with E-state index in [0.29, 0.717) is 24.4 Å². The number of aliphatic hydroxyl groups excluding tert-OH is 1. The molecule has 0 bridgehead atoms. The summed E-state index contributed by atoms with van der Waals surface area (Å²) in [6.45, 7) is 6.80. The van der Waals surface area contributed by atoms with Gasteiger partial charge in [-0.3, -0.25) is 9.59 Å². The molecule has 0 radical (unpaired) electrons. The van der Waals surface area contributed by atoms with Crippen molar-refractivity contribution in [2.75, 3.05) is 25.1 Å². The van der Waals surface area contributed by atoms with Crippen LogP contribution in [0.4, 0.5) is 5.69 Å². The number of likely N-dealkylation sites (N-methyl/N-ethyl adjacent to an activating group) is 1. The Hall–Kier alpha value is -1.92. The molecular formula is C19H28N2O4. The molecule has 0 aromatic heterocycles. The van der Waals surface area contributed by atoms with Gasteiger partial charge < -0.3 is 20.1 Å². The Morgan fingerprint density at radius 2 is 1.92 bits per heavy atom. The summed E-state index contributed by atoms with van der Waals surface area (Å²) < 4.78 is 5.29. The van der Waals surface area contributed by atoms with E-state index in [1.807, 2.05) is 20.8 Å². The van der Waals surface area contributed by atoms with E-state index < -0.39 is 12.1 Å². The number of morpholine rings is 1. The lowest BCUT2D eigenvalue weighted by Crippen LogP contribution is -2.51. The Bertz CT molecular complexity index is 584. The fourth-order valence-electron chi connectivity index (χ4n) is 3.19. The molecule has 1 saturated heterocycles. The van der Waals surface area contributed by atoms with Crippen molar-refractivity contribution in [2.45, 2.75) is 45.8 Å². The van der Waals surface area contributed by atoms with E-state index in [4.69, 9.17) is 4.74 Å². The third-order valence-electron chi connectivity index (χ3n) is 4.82. The third-order valence-corrected chi connectivity index (χ3v) is 4.82. The predicted molar refractivity (Wildman–Crippen MR) is 96.1 cm³/mol. The first-order chi connectivity index (χ1) is 12.0. The Morgan fingerprint density at radius 3 is 2.48 bits per heavy atom. The summed E-state index contributed by atoms with van der Waals surface area (Å²) in [6, 6.07) is 6.72. The Morgan fingerprint density at radius 1 is 1.28 bits per heavy atom. The van der Waals surface area contributed by atoms with Gasteiger partial charge in [0.1, 0.15) is 12.7 Å². The molecule has 138 valence electrons. The van der Waals surface area contributed by atoms with Crippen LogP contribution in [0.5, 0.6) is 0 Å². The summed E-state index contributed by atoms with van der Waals surface area (Å²) in [7, 11) is 0. The van der Waals surface area contributed by atoms with Gasteiger partial charge >= 0.3 is 0 Å². The van der Waals surface area contributed by atoms with E-state index in [-0.39, 0.29) is 24.3 Å². The van der Waals surface area contributed by atoms with Gasteiger partial charge in [0.05, 0.1) is 12.6 Å². The molecule has 1 aliphatic rings. The van der Waals surface area contributed by atoms with Gasteiger partial charge in [-0.2, -0.15) is 0 Å². The Labute approximate surface area is 149 Å². The quantitative estimate of drug-likeness (QED) is 0.793. The van der Waals surface area contributed by atoms with E-state index in [0.717, 1.165) is 12.8 Å². The largest absolute Gasteiger partial charge is 0.386 e. The first-order valence-corrected chi connectivity index (χ1v) is 8.97. The average molecular weight is 348 g/mol. The molecule has 1 aliphatic heterocycles. The molecule has 6 heteroatoms. The Balaban J connectivity index is 2.06. The van der Waals surface area contributed by atoms with Crippen LogP contribution >= 0.6 is 0 Å². The maximum absolute atomic E-state index is 12.1. The minimum Gasteiger partial charge on any atom is -0.386 e. The van der Waals surface area contributed by atoms with Crippen molar-refractivity contribution in [2.24, 2.45) is 5.92 Å². The summed E-state index contributed by atoms with van der Waals surface area (Å²) >= 11 is 0. The molecule has 1 aromatic carbocycles. The number of hydrogen-bond donors (Lipinski definition) is 2. The van der Waals surface area contributed by atoms with Crippen molar-refractivity contribution >= 4 is 17.5 Å². The molecule has 1 fully saturated rings. The van der Waals surface area contributed by atoms with Crippen molar-refractivity contribution in [3.05, 3.63) is 29.8 Å². The van der Waals surface area contributed by atoms with Crippen LogP contribution in [0, 0.1) is 5.92 Å². The first-order valence-electron chi connectivity index (χ1n) is 8.97. The SMILES string of the molecule is CCC(CC)C(=O)Nc1ccc([C@@H](O)[C@H]2COCC(=O)N2CC)cc1. The highest BCUT2D eigenvalue weighted by Gasteiger charge is 2.33. The van der Waals surface area contributed by atoms with Crippen LogP contribution < -0.4 is 5.32 Å².